The third-order valence-electron chi connectivity index (χ3n) is 2.90. The number of rotatable bonds is 7. The maximum absolute atomic E-state index is 11.8. The molecule has 0 amide bonds. The number of benzene rings is 1. The van der Waals surface area contributed by atoms with Gasteiger partial charge in [0, 0.05) is 12.6 Å². The van der Waals surface area contributed by atoms with E-state index in [-0.39, 0.29) is 5.56 Å². The lowest BCUT2D eigenvalue weighted by Crippen LogP contribution is -2.12. The zero-order valence-corrected chi connectivity index (χ0v) is 12.5. The average molecular weight is 287 g/mol. The molecule has 1 heterocycles. The molecular formula is C16H21N3O2. The lowest BCUT2D eigenvalue weighted by atomic mass is 10.2. The van der Waals surface area contributed by atoms with Crippen molar-refractivity contribution in [2.75, 3.05) is 18.5 Å². The molecule has 21 heavy (non-hydrogen) atoms. The van der Waals surface area contributed by atoms with Crippen LogP contribution in [0.1, 0.15) is 26.7 Å². The van der Waals surface area contributed by atoms with Crippen LogP contribution in [0.5, 0.6) is 5.75 Å². The van der Waals surface area contributed by atoms with Gasteiger partial charge in [-0.15, -0.1) is 0 Å². The standard InChI is InChI=1S/C16H21N3O2/c1-3-9-17-14-11-15(20)19-16(18-14)12-7-5-6-8-13(12)21-10-4-2/h5-8,11H,3-4,9-10H2,1-2H3,(H2,17,18,19,20). The number of aromatic nitrogens is 2. The highest BCUT2D eigenvalue weighted by atomic mass is 16.5. The predicted octanol–water partition coefficient (Wildman–Crippen LogP) is 3.05. The van der Waals surface area contributed by atoms with Gasteiger partial charge in [0.2, 0.25) is 0 Å². The van der Waals surface area contributed by atoms with Crippen LogP contribution in [0.25, 0.3) is 11.4 Å². The fraction of sp³-hybridized carbons (Fsp3) is 0.375. The highest BCUT2D eigenvalue weighted by Gasteiger charge is 2.09. The van der Waals surface area contributed by atoms with Gasteiger partial charge in [0.15, 0.2) is 0 Å². The van der Waals surface area contributed by atoms with E-state index in [0.717, 1.165) is 30.7 Å². The van der Waals surface area contributed by atoms with Gasteiger partial charge in [-0.25, -0.2) is 4.98 Å². The van der Waals surface area contributed by atoms with E-state index in [1.165, 1.54) is 6.07 Å². The molecule has 2 N–H and O–H groups in total. The number of hydrogen-bond donors (Lipinski definition) is 2. The Bertz CT molecular complexity index is 637. The van der Waals surface area contributed by atoms with E-state index >= 15 is 0 Å². The predicted molar refractivity (Wildman–Crippen MR) is 84.9 cm³/mol. The molecule has 0 bridgehead atoms. The van der Waals surface area contributed by atoms with Crippen molar-refractivity contribution >= 4 is 5.82 Å². The molecule has 5 heteroatoms. The molecule has 0 saturated carbocycles. The molecule has 0 atom stereocenters. The number of ether oxygens (including phenoxy) is 1. The Hall–Kier alpha value is -2.30. The van der Waals surface area contributed by atoms with Crippen LogP contribution in [0.3, 0.4) is 0 Å². The Kier molecular flexibility index (Phi) is 5.37. The number of nitrogens with zero attached hydrogens (tertiary/aromatic N) is 1. The van der Waals surface area contributed by atoms with Gasteiger partial charge in [-0.3, -0.25) is 4.79 Å². The van der Waals surface area contributed by atoms with Gasteiger partial charge in [0.1, 0.15) is 17.4 Å². The Morgan fingerprint density at radius 3 is 2.81 bits per heavy atom. The van der Waals surface area contributed by atoms with Crippen molar-refractivity contribution < 1.29 is 4.74 Å². The Balaban J connectivity index is 2.37. The smallest absolute Gasteiger partial charge is 0.253 e. The molecule has 1 aromatic heterocycles. The van der Waals surface area contributed by atoms with Gasteiger partial charge in [-0.1, -0.05) is 26.0 Å². The molecule has 0 aliphatic carbocycles. The molecule has 0 saturated heterocycles. The van der Waals surface area contributed by atoms with Gasteiger partial charge in [-0.2, -0.15) is 0 Å². The van der Waals surface area contributed by atoms with E-state index in [9.17, 15) is 4.79 Å². The van der Waals surface area contributed by atoms with E-state index in [1.807, 2.05) is 24.3 Å². The second-order valence-electron chi connectivity index (χ2n) is 4.75. The zero-order valence-electron chi connectivity index (χ0n) is 12.5. The quantitative estimate of drug-likeness (QED) is 0.821. The van der Waals surface area contributed by atoms with Crippen molar-refractivity contribution in [3.8, 4) is 17.1 Å². The first-order valence-corrected chi connectivity index (χ1v) is 7.32. The highest BCUT2D eigenvalue weighted by Crippen LogP contribution is 2.27. The van der Waals surface area contributed by atoms with Crippen LogP contribution in [-0.2, 0) is 0 Å². The molecule has 1 aromatic carbocycles. The van der Waals surface area contributed by atoms with Crippen molar-refractivity contribution in [3.63, 3.8) is 0 Å². The normalized spacial score (nSPS) is 10.4. The molecule has 2 rings (SSSR count). The lowest BCUT2D eigenvalue weighted by molar-refractivity contribution is 0.318. The minimum absolute atomic E-state index is 0.177. The second kappa shape index (κ2) is 7.47. The maximum atomic E-state index is 11.8. The maximum Gasteiger partial charge on any atom is 0.253 e. The van der Waals surface area contributed by atoms with Crippen LogP contribution in [0, 0.1) is 0 Å². The summed E-state index contributed by atoms with van der Waals surface area (Å²) < 4.78 is 5.72. The summed E-state index contributed by atoms with van der Waals surface area (Å²) in [6.07, 6.45) is 1.90. The minimum Gasteiger partial charge on any atom is -0.493 e. The van der Waals surface area contributed by atoms with Gasteiger partial charge in [0.05, 0.1) is 12.2 Å². The minimum atomic E-state index is -0.177. The van der Waals surface area contributed by atoms with Crippen LogP contribution in [0.2, 0.25) is 0 Å². The second-order valence-corrected chi connectivity index (χ2v) is 4.75. The van der Waals surface area contributed by atoms with Gasteiger partial charge < -0.3 is 15.0 Å². The van der Waals surface area contributed by atoms with Crippen LogP contribution in [0.4, 0.5) is 5.82 Å². The molecule has 5 nitrogen and oxygen atoms in total. The van der Waals surface area contributed by atoms with E-state index in [1.54, 1.807) is 0 Å². The Labute approximate surface area is 124 Å². The molecule has 2 aromatic rings. The third kappa shape index (κ3) is 4.08. The van der Waals surface area contributed by atoms with Gasteiger partial charge in [0.25, 0.3) is 5.56 Å². The molecule has 0 fully saturated rings. The number of para-hydroxylation sites is 1. The van der Waals surface area contributed by atoms with Crippen molar-refractivity contribution in [1.29, 1.82) is 0 Å². The van der Waals surface area contributed by atoms with Crippen molar-refractivity contribution in [2.24, 2.45) is 0 Å². The van der Waals surface area contributed by atoms with Crippen molar-refractivity contribution in [2.45, 2.75) is 26.7 Å². The van der Waals surface area contributed by atoms with Crippen LogP contribution in [-0.4, -0.2) is 23.1 Å². The van der Waals surface area contributed by atoms with Crippen LogP contribution in [0.15, 0.2) is 35.1 Å². The first-order chi connectivity index (χ1) is 10.2. The summed E-state index contributed by atoms with van der Waals surface area (Å²) in [6.45, 7) is 5.53. The molecule has 0 spiro atoms. The van der Waals surface area contributed by atoms with E-state index in [4.69, 9.17) is 4.74 Å². The summed E-state index contributed by atoms with van der Waals surface area (Å²) in [5.74, 6) is 1.84. The topological polar surface area (TPSA) is 67.0 Å². The summed E-state index contributed by atoms with van der Waals surface area (Å²) in [6, 6.07) is 9.06. The van der Waals surface area contributed by atoms with Crippen LogP contribution >= 0.6 is 0 Å². The molecular weight excluding hydrogens is 266 g/mol. The van der Waals surface area contributed by atoms with E-state index < -0.39 is 0 Å². The lowest BCUT2D eigenvalue weighted by Gasteiger charge is -2.11. The summed E-state index contributed by atoms with van der Waals surface area (Å²) in [4.78, 5) is 19.0. The highest BCUT2D eigenvalue weighted by molar-refractivity contribution is 5.65. The third-order valence-corrected chi connectivity index (χ3v) is 2.90. The SMILES string of the molecule is CCCNc1cc(=O)[nH]c(-c2ccccc2OCCC)n1. The summed E-state index contributed by atoms with van der Waals surface area (Å²) >= 11 is 0. The van der Waals surface area contributed by atoms with Gasteiger partial charge >= 0.3 is 0 Å². The number of hydrogen-bond acceptors (Lipinski definition) is 4. The fourth-order valence-electron chi connectivity index (χ4n) is 1.93. The first-order valence-electron chi connectivity index (χ1n) is 7.32. The number of aromatic amines is 1. The zero-order chi connectivity index (χ0) is 15.1. The van der Waals surface area contributed by atoms with E-state index in [0.29, 0.717) is 18.2 Å². The molecule has 0 unspecified atom stereocenters. The van der Waals surface area contributed by atoms with Crippen molar-refractivity contribution in [1.82, 2.24) is 9.97 Å². The Morgan fingerprint density at radius 1 is 1.24 bits per heavy atom. The summed E-state index contributed by atoms with van der Waals surface area (Å²) in [5.41, 5.74) is 0.618. The average Bonchev–Trinajstić information content (AvgIpc) is 2.50. The van der Waals surface area contributed by atoms with Crippen LogP contribution < -0.4 is 15.6 Å². The number of nitrogens with one attached hydrogen (secondary N) is 2. The molecule has 0 aliphatic heterocycles. The largest absolute Gasteiger partial charge is 0.493 e. The van der Waals surface area contributed by atoms with Gasteiger partial charge in [-0.05, 0) is 25.0 Å². The number of anilines is 1. The fourth-order valence-corrected chi connectivity index (χ4v) is 1.93. The molecule has 0 aliphatic rings. The molecule has 0 radical (unpaired) electrons. The summed E-state index contributed by atoms with van der Waals surface area (Å²) in [5, 5.41) is 3.14. The molecule has 112 valence electrons. The number of H-pyrrole nitrogens is 1. The van der Waals surface area contributed by atoms with E-state index in [2.05, 4.69) is 29.1 Å². The van der Waals surface area contributed by atoms with Crippen molar-refractivity contribution in [3.05, 3.63) is 40.7 Å². The summed E-state index contributed by atoms with van der Waals surface area (Å²) in [7, 11) is 0. The Morgan fingerprint density at radius 2 is 2.05 bits per heavy atom. The first kappa shape index (κ1) is 15.1. The monoisotopic (exact) mass is 287 g/mol.